The number of ether oxygens (including phenoxy) is 1. The quantitative estimate of drug-likeness (QED) is 0.661. The molecule has 198 valence electrons. The number of carboxylic acid groups (broad SMARTS) is 1. The van der Waals surface area contributed by atoms with Gasteiger partial charge in [0, 0.05) is 38.8 Å². The molecule has 2 heterocycles. The Kier molecular flexibility index (Phi) is 7.08. The van der Waals surface area contributed by atoms with Crippen LogP contribution in [0.1, 0.15) is 60.3 Å². The predicted molar refractivity (Wildman–Crippen MR) is 141 cm³/mol. The smallest absolute Gasteiger partial charge is 0.337 e. The summed E-state index contributed by atoms with van der Waals surface area (Å²) < 4.78 is 6.13. The summed E-state index contributed by atoms with van der Waals surface area (Å²) in [7, 11) is 1.75. The molecular formula is C29H37N3O5. The van der Waals surface area contributed by atoms with Crippen molar-refractivity contribution in [2.45, 2.75) is 66.3 Å². The number of likely N-dealkylation sites (N-methyl/N-ethyl adjacent to an activating group) is 1. The van der Waals surface area contributed by atoms with E-state index in [1.807, 2.05) is 65.8 Å². The van der Waals surface area contributed by atoms with Crippen LogP contribution in [0, 0.1) is 20.8 Å². The van der Waals surface area contributed by atoms with Gasteiger partial charge >= 0.3 is 12.0 Å². The zero-order valence-electron chi connectivity index (χ0n) is 22.8. The second-order valence-corrected chi connectivity index (χ2v) is 11.2. The van der Waals surface area contributed by atoms with Crippen LogP contribution >= 0.6 is 0 Å². The molecule has 0 bridgehead atoms. The van der Waals surface area contributed by atoms with E-state index in [0.29, 0.717) is 31.7 Å². The zero-order chi connectivity index (χ0) is 27.2. The Morgan fingerprint density at radius 2 is 1.51 bits per heavy atom. The molecule has 8 heteroatoms. The Labute approximate surface area is 218 Å². The molecule has 37 heavy (non-hydrogen) atoms. The zero-order valence-corrected chi connectivity index (χ0v) is 22.8. The molecule has 0 spiro atoms. The highest BCUT2D eigenvalue weighted by Crippen LogP contribution is 2.43. The van der Waals surface area contributed by atoms with Gasteiger partial charge in [-0.2, -0.15) is 0 Å². The first kappa shape index (κ1) is 26.7. The molecular weight excluding hydrogens is 470 g/mol. The molecule has 4 rings (SSSR count). The number of piperazine rings is 1. The lowest BCUT2D eigenvalue weighted by molar-refractivity contribution is -0.160. The van der Waals surface area contributed by atoms with Crippen LogP contribution in [0.2, 0.25) is 0 Å². The molecule has 1 atom stereocenters. The number of carbonyl (C=O) groups is 3. The second kappa shape index (κ2) is 9.82. The third-order valence-electron chi connectivity index (χ3n) is 7.31. The Morgan fingerprint density at radius 1 is 0.919 bits per heavy atom. The summed E-state index contributed by atoms with van der Waals surface area (Å²) in [5, 5.41) is 10.3. The molecule has 1 N–H and O–H groups in total. The summed E-state index contributed by atoms with van der Waals surface area (Å²) in [6, 6.07) is 7.88. The molecule has 8 nitrogen and oxygen atoms in total. The average Bonchev–Trinajstić information content (AvgIpc) is 3.27. The SMILES string of the molecule is Cc1ccc(-c2c(C)c3c(c(C)c2C(OC(C)(C)C)C(=O)O)CN(C(=O)N2CCN(C)C(=O)C2)C3)cc1. The highest BCUT2D eigenvalue weighted by Gasteiger charge is 2.38. The average molecular weight is 508 g/mol. The molecule has 1 fully saturated rings. The molecule has 0 radical (unpaired) electrons. The van der Waals surface area contributed by atoms with E-state index in [4.69, 9.17) is 4.74 Å². The molecule has 2 aliphatic heterocycles. The fraction of sp³-hybridized carbons (Fsp3) is 0.483. The van der Waals surface area contributed by atoms with Crippen molar-refractivity contribution in [2.75, 3.05) is 26.7 Å². The fourth-order valence-electron chi connectivity index (χ4n) is 5.28. The summed E-state index contributed by atoms with van der Waals surface area (Å²) in [6.07, 6.45) is -1.17. The molecule has 1 saturated heterocycles. The Balaban J connectivity index is 1.82. The summed E-state index contributed by atoms with van der Waals surface area (Å²) >= 11 is 0. The van der Waals surface area contributed by atoms with E-state index < -0.39 is 17.7 Å². The highest BCUT2D eigenvalue weighted by molar-refractivity contribution is 5.87. The highest BCUT2D eigenvalue weighted by atomic mass is 16.5. The Bertz CT molecular complexity index is 1250. The maximum absolute atomic E-state index is 13.4. The number of urea groups is 1. The minimum atomic E-state index is -1.17. The predicted octanol–water partition coefficient (Wildman–Crippen LogP) is 4.43. The Morgan fingerprint density at radius 3 is 2.05 bits per heavy atom. The lowest BCUT2D eigenvalue weighted by Gasteiger charge is -2.34. The van der Waals surface area contributed by atoms with Gasteiger partial charge in [0.1, 0.15) is 6.54 Å². The minimum absolute atomic E-state index is 0.0700. The summed E-state index contributed by atoms with van der Waals surface area (Å²) in [6.45, 7) is 13.3. The van der Waals surface area contributed by atoms with Crippen molar-refractivity contribution in [1.29, 1.82) is 0 Å². The largest absolute Gasteiger partial charge is 0.479 e. The van der Waals surface area contributed by atoms with Crippen molar-refractivity contribution < 1.29 is 24.2 Å². The van der Waals surface area contributed by atoms with E-state index in [9.17, 15) is 19.5 Å². The molecule has 0 saturated carbocycles. The summed E-state index contributed by atoms with van der Waals surface area (Å²) in [5.41, 5.74) is 6.60. The van der Waals surface area contributed by atoms with Gasteiger partial charge in [0.05, 0.1) is 5.60 Å². The summed E-state index contributed by atoms with van der Waals surface area (Å²) in [5.74, 6) is -1.12. The second-order valence-electron chi connectivity index (χ2n) is 11.2. The summed E-state index contributed by atoms with van der Waals surface area (Å²) in [4.78, 5) is 43.2. The van der Waals surface area contributed by atoms with Gasteiger partial charge in [-0.15, -0.1) is 0 Å². The lowest BCUT2D eigenvalue weighted by atomic mass is 9.83. The fourth-order valence-corrected chi connectivity index (χ4v) is 5.28. The van der Waals surface area contributed by atoms with Gasteiger partial charge in [0.2, 0.25) is 5.91 Å². The van der Waals surface area contributed by atoms with Gasteiger partial charge in [-0.05, 0) is 74.9 Å². The number of nitrogens with zero attached hydrogens (tertiary/aromatic N) is 3. The van der Waals surface area contributed by atoms with Gasteiger partial charge in [-0.3, -0.25) is 4.79 Å². The van der Waals surface area contributed by atoms with Crippen molar-refractivity contribution in [3.63, 3.8) is 0 Å². The van der Waals surface area contributed by atoms with E-state index in [2.05, 4.69) is 0 Å². The lowest BCUT2D eigenvalue weighted by Crippen LogP contribution is -2.53. The van der Waals surface area contributed by atoms with E-state index in [1.54, 1.807) is 21.7 Å². The molecule has 2 aromatic rings. The number of aryl methyl sites for hydroxylation is 1. The number of carboxylic acids is 1. The monoisotopic (exact) mass is 507 g/mol. The van der Waals surface area contributed by atoms with Crippen LogP contribution in [-0.2, 0) is 27.4 Å². The third-order valence-corrected chi connectivity index (χ3v) is 7.31. The number of fused-ring (bicyclic) bond motifs is 1. The first-order valence-corrected chi connectivity index (χ1v) is 12.7. The van der Waals surface area contributed by atoms with Crippen LogP contribution in [0.15, 0.2) is 24.3 Å². The van der Waals surface area contributed by atoms with E-state index in [1.165, 1.54) is 0 Å². The van der Waals surface area contributed by atoms with Crippen molar-refractivity contribution in [2.24, 2.45) is 0 Å². The number of benzene rings is 2. The number of aliphatic carboxylic acids is 1. The first-order chi connectivity index (χ1) is 17.3. The minimum Gasteiger partial charge on any atom is -0.479 e. The van der Waals surface area contributed by atoms with Crippen LogP contribution in [-0.4, -0.2) is 70.0 Å². The maximum atomic E-state index is 13.4. The van der Waals surface area contributed by atoms with E-state index in [-0.39, 0.29) is 18.5 Å². The van der Waals surface area contributed by atoms with Crippen LogP contribution in [0.5, 0.6) is 0 Å². The number of hydrogen-bond acceptors (Lipinski definition) is 4. The molecule has 2 aromatic carbocycles. The van der Waals surface area contributed by atoms with Crippen molar-refractivity contribution in [3.05, 3.63) is 57.6 Å². The van der Waals surface area contributed by atoms with Crippen molar-refractivity contribution in [1.82, 2.24) is 14.7 Å². The molecule has 2 aliphatic rings. The number of carbonyl (C=O) groups excluding carboxylic acids is 2. The number of rotatable bonds is 4. The standard InChI is InChI=1S/C29H37N3O5/c1-17-8-10-20(11-9-17)24-18(2)21-14-32(28(36)31-13-12-30(7)23(33)16-31)15-22(21)19(3)25(24)26(27(34)35)37-29(4,5)6/h8-11,26H,12-16H2,1-7H3,(H,34,35). The molecule has 0 aromatic heterocycles. The van der Waals surface area contributed by atoms with Crippen molar-refractivity contribution >= 4 is 17.9 Å². The van der Waals surface area contributed by atoms with Gasteiger partial charge in [0.25, 0.3) is 0 Å². The third kappa shape index (κ3) is 5.21. The van der Waals surface area contributed by atoms with Crippen LogP contribution in [0.25, 0.3) is 11.1 Å². The van der Waals surface area contributed by atoms with E-state index >= 15 is 0 Å². The Hall–Kier alpha value is -3.39. The number of hydrogen-bond donors (Lipinski definition) is 1. The van der Waals surface area contributed by atoms with Gasteiger partial charge < -0.3 is 24.5 Å². The van der Waals surface area contributed by atoms with Crippen LogP contribution in [0.4, 0.5) is 4.79 Å². The molecule has 1 unspecified atom stereocenters. The van der Waals surface area contributed by atoms with Crippen LogP contribution < -0.4 is 0 Å². The van der Waals surface area contributed by atoms with Gasteiger partial charge in [-0.25, -0.2) is 9.59 Å². The van der Waals surface area contributed by atoms with Crippen molar-refractivity contribution in [3.8, 4) is 11.1 Å². The topological polar surface area (TPSA) is 90.4 Å². The normalized spacial score (nSPS) is 16.7. The van der Waals surface area contributed by atoms with Gasteiger partial charge in [-0.1, -0.05) is 29.8 Å². The number of amides is 3. The maximum Gasteiger partial charge on any atom is 0.337 e. The molecule has 3 amide bonds. The van der Waals surface area contributed by atoms with Gasteiger partial charge in [0.15, 0.2) is 6.10 Å². The van der Waals surface area contributed by atoms with E-state index in [0.717, 1.165) is 38.9 Å². The molecule has 0 aliphatic carbocycles. The van der Waals surface area contributed by atoms with Crippen LogP contribution in [0.3, 0.4) is 0 Å². The first-order valence-electron chi connectivity index (χ1n) is 12.7.